The van der Waals surface area contributed by atoms with Gasteiger partial charge in [0.1, 0.15) is 5.69 Å². The summed E-state index contributed by atoms with van der Waals surface area (Å²) < 4.78 is 27.9. The number of benzene rings is 2. The Morgan fingerprint density at radius 1 is 1.00 bits per heavy atom. The van der Waals surface area contributed by atoms with E-state index in [9.17, 15) is 18.5 Å². The Balaban J connectivity index is 1.39. The van der Waals surface area contributed by atoms with Crippen LogP contribution in [0.25, 0.3) is 0 Å². The Bertz CT molecular complexity index is 1180. The van der Waals surface area contributed by atoms with Crippen LogP contribution in [0, 0.1) is 33.8 Å². The molecule has 2 aromatic rings. The minimum atomic E-state index is -4.03. The number of nitrogens with zero attached hydrogens (tertiary/aromatic N) is 2. The highest BCUT2D eigenvalue weighted by atomic mass is 35.5. The van der Waals surface area contributed by atoms with Gasteiger partial charge in [-0.1, -0.05) is 17.7 Å². The van der Waals surface area contributed by atoms with Gasteiger partial charge < -0.3 is 0 Å². The maximum absolute atomic E-state index is 12.7. The van der Waals surface area contributed by atoms with Crippen LogP contribution in [0.3, 0.4) is 0 Å². The minimum Gasteiger partial charge on any atom is -0.280 e. The van der Waals surface area contributed by atoms with Gasteiger partial charge in [0.25, 0.3) is 15.7 Å². The van der Waals surface area contributed by atoms with E-state index in [4.69, 9.17) is 11.6 Å². The second kappa shape index (κ2) is 8.04. The van der Waals surface area contributed by atoms with Crippen molar-refractivity contribution in [3.63, 3.8) is 0 Å². The average molecular weight is 475 g/mol. The lowest BCUT2D eigenvalue weighted by molar-refractivity contribution is -0.384. The van der Waals surface area contributed by atoms with Crippen LogP contribution in [0.4, 0.5) is 17.1 Å². The summed E-state index contributed by atoms with van der Waals surface area (Å²) >= 11 is 5.91. The minimum absolute atomic E-state index is 0.179. The summed E-state index contributed by atoms with van der Waals surface area (Å²) in [6.45, 7) is 0. The van der Waals surface area contributed by atoms with Gasteiger partial charge in [-0.2, -0.15) is 5.10 Å². The molecule has 10 heteroatoms. The monoisotopic (exact) mass is 474 g/mol. The second-order valence-electron chi connectivity index (χ2n) is 9.00. The average Bonchev–Trinajstić information content (AvgIpc) is 2.72. The molecule has 4 aliphatic carbocycles. The Labute approximate surface area is 191 Å². The standard InChI is InChI=1S/C22H23ClN4O4S/c23-17-2-1-3-18(11-17)26-32(30,31)19-4-5-20(21(12-19)27(28)29)24-25-22-15-7-13-6-14(9-15)10-16(22)8-13/h1-5,11-16,24,26H,6-10H2. The number of hydrogen-bond acceptors (Lipinski definition) is 6. The molecule has 0 atom stereocenters. The molecular weight excluding hydrogens is 452 g/mol. The van der Waals surface area contributed by atoms with Gasteiger partial charge in [0.05, 0.1) is 15.5 Å². The highest BCUT2D eigenvalue weighted by Gasteiger charge is 2.46. The van der Waals surface area contributed by atoms with E-state index in [-0.39, 0.29) is 22.0 Å². The molecule has 32 heavy (non-hydrogen) atoms. The lowest BCUT2D eigenvalue weighted by Gasteiger charge is -2.50. The first-order valence-corrected chi connectivity index (χ1v) is 12.5. The van der Waals surface area contributed by atoms with Crippen molar-refractivity contribution in [3.8, 4) is 0 Å². The highest BCUT2D eigenvalue weighted by Crippen LogP contribution is 2.52. The number of hydrogen-bond donors (Lipinski definition) is 2. The van der Waals surface area contributed by atoms with Crippen molar-refractivity contribution in [2.24, 2.45) is 28.8 Å². The molecule has 4 aliphatic rings. The van der Waals surface area contributed by atoms with Crippen molar-refractivity contribution in [2.45, 2.75) is 37.0 Å². The van der Waals surface area contributed by atoms with Gasteiger partial charge in [-0.15, -0.1) is 0 Å². The third kappa shape index (κ3) is 4.06. The van der Waals surface area contributed by atoms with E-state index in [1.807, 2.05) is 0 Å². The number of halogens is 1. The van der Waals surface area contributed by atoms with Crippen LogP contribution in [-0.4, -0.2) is 19.1 Å². The van der Waals surface area contributed by atoms with E-state index >= 15 is 0 Å². The summed E-state index contributed by atoms with van der Waals surface area (Å²) in [6, 6.07) is 10.0. The Morgan fingerprint density at radius 2 is 1.69 bits per heavy atom. The van der Waals surface area contributed by atoms with E-state index in [1.54, 1.807) is 18.2 Å². The molecule has 0 aliphatic heterocycles. The molecule has 168 valence electrons. The normalized spacial score (nSPS) is 26.1. The molecule has 0 spiro atoms. The zero-order valence-corrected chi connectivity index (χ0v) is 18.8. The maximum atomic E-state index is 12.7. The van der Waals surface area contributed by atoms with E-state index in [0.29, 0.717) is 16.9 Å². The molecule has 0 saturated heterocycles. The molecule has 4 fully saturated rings. The van der Waals surface area contributed by atoms with Crippen LogP contribution < -0.4 is 10.1 Å². The second-order valence-corrected chi connectivity index (χ2v) is 11.1. The van der Waals surface area contributed by atoms with Crippen molar-refractivity contribution in [1.82, 2.24) is 0 Å². The summed E-state index contributed by atoms with van der Waals surface area (Å²) in [5.41, 5.74) is 4.10. The van der Waals surface area contributed by atoms with Crippen LogP contribution in [-0.2, 0) is 10.0 Å². The lowest BCUT2D eigenvalue weighted by Crippen LogP contribution is -2.45. The number of sulfonamides is 1. The Kier molecular flexibility index (Phi) is 5.33. The summed E-state index contributed by atoms with van der Waals surface area (Å²) in [4.78, 5) is 10.9. The van der Waals surface area contributed by atoms with E-state index in [2.05, 4.69) is 15.2 Å². The summed E-state index contributed by atoms with van der Waals surface area (Å²) in [6.07, 6.45) is 5.95. The number of rotatable bonds is 6. The Morgan fingerprint density at radius 3 is 2.31 bits per heavy atom. The molecule has 4 saturated carbocycles. The molecule has 2 aromatic carbocycles. The fraction of sp³-hybridized carbons (Fsp3) is 0.409. The van der Waals surface area contributed by atoms with Gasteiger partial charge in [0, 0.05) is 16.8 Å². The number of nitrogens with one attached hydrogen (secondary N) is 2. The van der Waals surface area contributed by atoms with Crippen molar-refractivity contribution < 1.29 is 13.3 Å². The van der Waals surface area contributed by atoms with Gasteiger partial charge >= 0.3 is 0 Å². The molecule has 0 heterocycles. The van der Waals surface area contributed by atoms with Gasteiger partial charge in [-0.05, 0) is 86.1 Å². The molecule has 2 N–H and O–H groups in total. The molecule has 0 amide bonds. The van der Waals surface area contributed by atoms with Gasteiger partial charge in [0.2, 0.25) is 0 Å². The first-order chi connectivity index (χ1) is 15.3. The van der Waals surface area contributed by atoms with E-state index in [0.717, 1.165) is 49.3 Å². The Hall–Kier alpha value is -2.65. The largest absolute Gasteiger partial charge is 0.295 e. The van der Waals surface area contributed by atoms with Crippen molar-refractivity contribution in [3.05, 3.63) is 57.6 Å². The third-order valence-electron chi connectivity index (χ3n) is 6.83. The predicted octanol–water partition coefficient (Wildman–Crippen LogP) is 5.27. The van der Waals surface area contributed by atoms with Crippen molar-refractivity contribution in [1.29, 1.82) is 0 Å². The van der Waals surface area contributed by atoms with Crippen LogP contribution >= 0.6 is 11.6 Å². The topological polar surface area (TPSA) is 114 Å². The summed E-state index contributed by atoms with van der Waals surface area (Å²) in [5, 5.41) is 16.6. The van der Waals surface area contributed by atoms with Crippen LogP contribution in [0.15, 0.2) is 52.5 Å². The highest BCUT2D eigenvalue weighted by molar-refractivity contribution is 7.92. The zero-order chi connectivity index (χ0) is 22.5. The number of hydrazone groups is 1. The molecule has 6 rings (SSSR count). The molecule has 0 unspecified atom stereocenters. The van der Waals surface area contributed by atoms with Crippen LogP contribution in [0.5, 0.6) is 0 Å². The van der Waals surface area contributed by atoms with Gasteiger partial charge in [-0.25, -0.2) is 8.42 Å². The number of nitro benzene ring substituents is 1. The summed E-state index contributed by atoms with van der Waals surface area (Å²) in [7, 11) is -4.03. The van der Waals surface area contributed by atoms with Gasteiger partial charge in [-0.3, -0.25) is 20.3 Å². The fourth-order valence-corrected chi connectivity index (χ4v) is 6.92. The zero-order valence-electron chi connectivity index (χ0n) is 17.2. The third-order valence-corrected chi connectivity index (χ3v) is 8.45. The molecule has 0 radical (unpaired) electrons. The SMILES string of the molecule is O=[N+]([O-])c1cc(S(=O)(=O)Nc2cccc(Cl)c2)ccc1NN=C1C2CC3CC(C2)CC1C3. The molecule has 4 bridgehead atoms. The first-order valence-electron chi connectivity index (χ1n) is 10.7. The van der Waals surface area contributed by atoms with Crippen molar-refractivity contribution >= 4 is 44.4 Å². The van der Waals surface area contributed by atoms with Crippen LogP contribution in [0.1, 0.15) is 32.1 Å². The van der Waals surface area contributed by atoms with Crippen LogP contribution in [0.2, 0.25) is 5.02 Å². The fourth-order valence-electron chi connectivity index (χ4n) is 5.66. The van der Waals surface area contributed by atoms with Crippen molar-refractivity contribution in [2.75, 3.05) is 10.1 Å². The predicted molar refractivity (Wildman–Crippen MR) is 123 cm³/mol. The van der Waals surface area contributed by atoms with E-state index < -0.39 is 14.9 Å². The van der Waals surface area contributed by atoms with E-state index in [1.165, 1.54) is 24.6 Å². The maximum Gasteiger partial charge on any atom is 0.295 e. The number of anilines is 2. The first kappa shape index (κ1) is 21.2. The molecule has 0 aromatic heterocycles. The lowest BCUT2D eigenvalue weighted by atomic mass is 9.55. The quantitative estimate of drug-likeness (QED) is 0.437. The molecule has 8 nitrogen and oxygen atoms in total. The molecular formula is C22H23ClN4O4S. The summed E-state index contributed by atoms with van der Waals surface area (Å²) in [5.74, 6) is 2.50. The number of nitro groups is 1. The smallest absolute Gasteiger partial charge is 0.280 e. The van der Waals surface area contributed by atoms with Gasteiger partial charge in [0.15, 0.2) is 0 Å².